The number of hydrogen-bond acceptors (Lipinski definition) is 3. The maximum absolute atomic E-state index is 10.5. The van der Waals surface area contributed by atoms with Crippen LogP contribution in [0, 0.1) is 35.5 Å². The molecule has 0 radical (unpaired) electrons. The summed E-state index contributed by atoms with van der Waals surface area (Å²) < 4.78 is 0. The standard InChI is InChI=1S/C20H27ClO4/c21-17-14-18(22)16(10-13-20(25)11-6-3-7-12-20)15(17)8-4-1-2-5-9-19(23)24/h15-18,22,25H,1-4,6-8,11-12,14H2,(H,23,24)/t15-,16-,17-,18-/m1/s1. The maximum Gasteiger partial charge on any atom is 0.381 e. The quantitative estimate of drug-likeness (QED) is 0.406. The van der Waals surface area contributed by atoms with Gasteiger partial charge in [-0.1, -0.05) is 30.6 Å². The van der Waals surface area contributed by atoms with E-state index < -0.39 is 17.7 Å². The minimum Gasteiger partial charge on any atom is -0.472 e. The number of aliphatic hydroxyl groups is 2. The van der Waals surface area contributed by atoms with Crippen molar-refractivity contribution in [2.75, 3.05) is 0 Å². The first-order valence-electron chi connectivity index (χ1n) is 9.20. The summed E-state index contributed by atoms with van der Waals surface area (Å²) in [5.74, 6) is 9.73. The van der Waals surface area contributed by atoms with Crippen molar-refractivity contribution in [1.82, 2.24) is 0 Å². The number of alkyl halides is 1. The molecule has 2 fully saturated rings. The fourth-order valence-corrected chi connectivity index (χ4v) is 4.30. The molecule has 0 saturated heterocycles. The SMILES string of the molecule is O=C(O)C#CCCCC[C@@H]1[C@@H](C#CC2(O)CCCCC2)[C@H](O)C[C@H]1Cl. The van der Waals surface area contributed by atoms with Crippen LogP contribution in [0.2, 0.25) is 0 Å². The van der Waals surface area contributed by atoms with E-state index in [-0.39, 0.29) is 17.2 Å². The molecule has 0 aliphatic heterocycles. The first-order valence-corrected chi connectivity index (χ1v) is 9.64. The lowest BCUT2D eigenvalue weighted by molar-refractivity contribution is -0.130. The Morgan fingerprint density at radius 1 is 1.20 bits per heavy atom. The molecule has 5 heteroatoms. The average Bonchev–Trinajstić information content (AvgIpc) is 2.82. The third kappa shape index (κ3) is 6.23. The molecule has 2 aliphatic rings. The van der Waals surface area contributed by atoms with Gasteiger partial charge in [0.05, 0.1) is 12.0 Å². The maximum atomic E-state index is 10.5. The van der Waals surface area contributed by atoms with Gasteiger partial charge in [-0.05, 0) is 50.9 Å². The zero-order valence-corrected chi connectivity index (χ0v) is 15.3. The summed E-state index contributed by atoms with van der Waals surface area (Å²) in [4.78, 5) is 10.3. The molecule has 4 atom stereocenters. The van der Waals surface area contributed by atoms with Gasteiger partial charge in [-0.2, -0.15) is 0 Å². The van der Waals surface area contributed by atoms with Crippen LogP contribution in [0.15, 0.2) is 0 Å². The van der Waals surface area contributed by atoms with Crippen molar-refractivity contribution in [3.05, 3.63) is 0 Å². The van der Waals surface area contributed by atoms with E-state index in [9.17, 15) is 15.0 Å². The third-order valence-electron chi connectivity index (χ3n) is 5.24. The van der Waals surface area contributed by atoms with Gasteiger partial charge < -0.3 is 15.3 Å². The molecule has 25 heavy (non-hydrogen) atoms. The summed E-state index contributed by atoms with van der Waals surface area (Å²) in [6, 6.07) is 0. The summed E-state index contributed by atoms with van der Waals surface area (Å²) in [5.41, 5.74) is -0.903. The molecule has 2 aliphatic carbocycles. The summed E-state index contributed by atoms with van der Waals surface area (Å²) in [6.07, 6.45) is 7.60. The molecule has 4 nitrogen and oxygen atoms in total. The van der Waals surface area contributed by atoms with E-state index in [1.807, 2.05) is 0 Å². The summed E-state index contributed by atoms with van der Waals surface area (Å²) in [6.45, 7) is 0. The normalized spacial score (nSPS) is 30.7. The highest BCUT2D eigenvalue weighted by Crippen LogP contribution is 2.39. The molecular weight excluding hydrogens is 340 g/mol. The number of aliphatic hydroxyl groups excluding tert-OH is 1. The highest BCUT2D eigenvalue weighted by atomic mass is 35.5. The summed E-state index contributed by atoms with van der Waals surface area (Å²) >= 11 is 6.41. The van der Waals surface area contributed by atoms with Gasteiger partial charge in [0.1, 0.15) is 5.60 Å². The molecular formula is C20H27ClO4. The van der Waals surface area contributed by atoms with Crippen LogP contribution in [-0.4, -0.2) is 38.4 Å². The zero-order valence-electron chi connectivity index (χ0n) is 14.5. The number of aliphatic carboxylic acids is 1. The second-order valence-electron chi connectivity index (χ2n) is 7.22. The molecule has 0 bridgehead atoms. The summed E-state index contributed by atoms with van der Waals surface area (Å²) in [5, 5.41) is 29.2. The Morgan fingerprint density at radius 2 is 1.92 bits per heavy atom. The molecule has 0 amide bonds. The number of hydrogen-bond donors (Lipinski definition) is 3. The Balaban J connectivity index is 1.90. The molecule has 0 aromatic heterocycles. The van der Waals surface area contributed by atoms with Crippen molar-refractivity contribution < 1.29 is 20.1 Å². The van der Waals surface area contributed by atoms with Crippen molar-refractivity contribution >= 4 is 17.6 Å². The van der Waals surface area contributed by atoms with Gasteiger partial charge in [0, 0.05) is 17.7 Å². The van der Waals surface area contributed by atoms with Crippen molar-refractivity contribution in [2.24, 2.45) is 11.8 Å². The monoisotopic (exact) mass is 366 g/mol. The Morgan fingerprint density at radius 3 is 2.60 bits per heavy atom. The van der Waals surface area contributed by atoms with Gasteiger partial charge in [0.25, 0.3) is 0 Å². The number of rotatable bonds is 4. The Labute approximate surface area is 155 Å². The van der Waals surface area contributed by atoms with Gasteiger partial charge in [0.2, 0.25) is 0 Å². The first kappa shape index (κ1) is 20.1. The largest absolute Gasteiger partial charge is 0.472 e. The number of unbranched alkanes of at least 4 members (excludes halogenated alkanes) is 2. The predicted octanol–water partition coefficient (Wildman–Crippen LogP) is 2.94. The second-order valence-corrected chi connectivity index (χ2v) is 7.78. The molecule has 0 unspecified atom stereocenters. The van der Waals surface area contributed by atoms with Crippen LogP contribution in [-0.2, 0) is 4.79 Å². The van der Waals surface area contributed by atoms with Gasteiger partial charge in [-0.3, -0.25) is 0 Å². The molecule has 0 spiro atoms. The Bertz CT molecular complexity index is 574. The third-order valence-corrected chi connectivity index (χ3v) is 5.75. The average molecular weight is 367 g/mol. The van der Waals surface area contributed by atoms with Gasteiger partial charge in [-0.15, -0.1) is 11.6 Å². The molecule has 0 heterocycles. The van der Waals surface area contributed by atoms with Crippen molar-refractivity contribution in [2.45, 2.75) is 81.3 Å². The highest BCUT2D eigenvalue weighted by molar-refractivity contribution is 6.21. The van der Waals surface area contributed by atoms with Crippen LogP contribution in [0.4, 0.5) is 0 Å². The Hall–Kier alpha value is -1.20. The van der Waals surface area contributed by atoms with E-state index >= 15 is 0 Å². The fraction of sp³-hybridized carbons (Fsp3) is 0.750. The predicted molar refractivity (Wildman–Crippen MR) is 96.9 cm³/mol. The number of carboxylic acid groups (broad SMARTS) is 1. The van der Waals surface area contributed by atoms with E-state index in [2.05, 4.69) is 23.7 Å². The lowest BCUT2D eigenvalue weighted by Gasteiger charge is -2.27. The molecule has 0 aromatic rings. The van der Waals surface area contributed by atoms with Crippen LogP contribution in [0.5, 0.6) is 0 Å². The number of halogens is 1. The highest BCUT2D eigenvalue weighted by Gasteiger charge is 2.40. The molecule has 2 saturated carbocycles. The molecule has 2 rings (SSSR count). The zero-order chi connectivity index (χ0) is 18.3. The van der Waals surface area contributed by atoms with Gasteiger partial charge in [-0.25, -0.2) is 4.79 Å². The van der Waals surface area contributed by atoms with E-state index in [0.717, 1.165) is 38.5 Å². The van der Waals surface area contributed by atoms with E-state index in [1.54, 1.807) is 0 Å². The lowest BCUT2D eigenvalue weighted by Crippen LogP contribution is -2.30. The van der Waals surface area contributed by atoms with Gasteiger partial charge in [0.15, 0.2) is 0 Å². The van der Waals surface area contributed by atoms with Crippen LogP contribution in [0.25, 0.3) is 0 Å². The lowest BCUT2D eigenvalue weighted by atomic mass is 9.84. The van der Waals surface area contributed by atoms with Crippen molar-refractivity contribution in [3.8, 4) is 23.7 Å². The summed E-state index contributed by atoms with van der Waals surface area (Å²) in [7, 11) is 0. The van der Waals surface area contributed by atoms with E-state index in [0.29, 0.717) is 25.7 Å². The topological polar surface area (TPSA) is 77.8 Å². The molecule has 0 aromatic carbocycles. The van der Waals surface area contributed by atoms with Gasteiger partial charge >= 0.3 is 5.97 Å². The second kappa shape index (κ2) is 9.48. The first-order chi connectivity index (χ1) is 11.9. The minimum atomic E-state index is -1.10. The molecule has 3 N–H and O–H groups in total. The number of carbonyl (C=O) groups is 1. The smallest absolute Gasteiger partial charge is 0.381 e. The van der Waals surface area contributed by atoms with Crippen molar-refractivity contribution in [1.29, 1.82) is 0 Å². The van der Waals surface area contributed by atoms with Crippen LogP contribution in [0.3, 0.4) is 0 Å². The van der Waals surface area contributed by atoms with E-state index in [1.165, 1.54) is 0 Å². The van der Waals surface area contributed by atoms with Crippen LogP contribution >= 0.6 is 11.6 Å². The van der Waals surface area contributed by atoms with Crippen LogP contribution < -0.4 is 0 Å². The van der Waals surface area contributed by atoms with Crippen LogP contribution in [0.1, 0.15) is 64.2 Å². The molecule has 138 valence electrons. The van der Waals surface area contributed by atoms with Crippen molar-refractivity contribution in [3.63, 3.8) is 0 Å². The number of carboxylic acids is 1. The fourth-order valence-electron chi connectivity index (χ4n) is 3.84. The minimum absolute atomic E-state index is 0.101. The Kier molecular flexibility index (Phi) is 7.63. The van der Waals surface area contributed by atoms with E-state index in [4.69, 9.17) is 16.7 Å².